The largest absolute Gasteiger partial charge is 0.439 e. The van der Waals surface area contributed by atoms with Crippen molar-refractivity contribution in [1.82, 2.24) is 14.8 Å². The Morgan fingerprint density at radius 3 is 2.42 bits per heavy atom. The van der Waals surface area contributed by atoms with E-state index in [0.29, 0.717) is 13.1 Å². The van der Waals surface area contributed by atoms with Crippen LogP contribution in [-0.4, -0.2) is 67.9 Å². The van der Waals surface area contributed by atoms with Gasteiger partial charge in [0.1, 0.15) is 9.84 Å². The number of aromatic nitrogens is 1. The van der Waals surface area contributed by atoms with Gasteiger partial charge < -0.3 is 4.42 Å². The number of rotatable bonds is 6. The van der Waals surface area contributed by atoms with E-state index in [2.05, 4.69) is 14.8 Å². The van der Waals surface area contributed by atoms with Gasteiger partial charge in [-0.25, -0.2) is 13.4 Å². The van der Waals surface area contributed by atoms with Crippen LogP contribution in [0.15, 0.2) is 40.9 Å². The zero-order valence-corrected chi connectivity index (χ0v) is 14.7. The molecule has 1 aliphatic rings. The zero-order valence-electron chi connectivity index (χ0n) is 13.9. The molecular weight excluding hydrogens is 326 g/mol. The lowest BCUT2D eigenvalue weighted by Gasteiger charge is -2.33. The highest BCUT2D eigenvalue weighted by Gasteiger charge is 2.19. The van der Waals surface area contributed by atoms with Crippen molar-refractivity contribution in [2.75, 3.05) is 44.7 Å². The number of piperazine rings is 1. The van der Waals surface area contributed by atoms with Crippen molar-refractivity contribution in [2.24, 2.45) is 0 Å². The Labute approximate surface area is 143 Å². The molecular formula is C17H23N3O3S. The fourth-order valence-corrected chi connectivity index (χ4v) is 3.37. The number of oxazole rings is 1. The van der Waals surface area contributed by atoms with Gasteiger partial charge in [0.2, 0.25) is 5.89 Å². The summed E-state index contributed by atoms with van der Waals surface area (Å²) in [5, 5.41) is 0. The van der Waals surface area contributed by atoms with Crippen LogP contribution in [0.25, 0.3) is 11.3 Å². The van der Waals surface area contributed by atoms with Crippen molar-refractivity contribution >= 4 is 9.84 Å². The molecule has 1 saturated heterocycles. The van der Waals surface area contributed by atoms with Crippen molar-refractivity contribution in [3.05, 3.63) is 42.4 Å². The Balaban J connectivity index is 1.49. The maximum atomic E-state index is 11.2. The maximum Gasteiger partial charge on any atom is 0.209 e. The van der Waals surface area contributed by atoms with Gasteiger partial charge in [-0.2, -0.15) is 0 Å². The van der Waals surface area contributed by atoms with Crippen molar-refractivity contribution in [3.63, 3.8) is 0 Å². The summed E-state index contributed by atoms with van der Waals surface area (Å²) in [4.78, 5) is 8.86. The van der Waals surface area contributed by atoms with E-state index < -0.39 is 9.84 Å². The molecule has 0 aliphatic carbocycles. The second kappa shape index (κ2) is 7.46. The molecule has 0 amide bonds. The Kier molecular flexibility index (Phi) is 5.33. The van der Waals surface area contributed by atoms with Crippen molar-refractivity contribution in [2.45, 2.75) is 6.54 Å². The van der Waals surface area contributed by atoms with E-state index in [-0.39, 0.29) is 5.75 Å². The lowest BCUT2D eigenvalue weighted by molar-refractivity contribution is 0.124. The molecule has 130 valence electrons. The quantitative estimate of drug-likeness (QED) is 0.787. The smallest absolute Gasteiger partial charge is 0.209 e. The molecule has 2 heterocycles. The first-order chi connectivity index (χ1) is 11.5. The van der Waals surface area contributed by atoms with Gasteiger partial charge in [-0.15, -0.1) is 0 Å². The first kappa shape index (κ1) is 17.1. The molecule has 0 radical (unpaired) electrons. The summed E-state index contributed by atoms with van der Waals surface area (Å²) in [6, 6.07) is 9.94. The SMILES string of the molecule is CS(=O)(=O)CCN1CCN(Cc2ncc(-c3ccccc3)o2)CC1. The van der Waals surface area contributed by atoms with Gasteiger partial charge >= 0.3 is 0 Å². The molecule has 1 aliphatic heterocycles. The molecule has 1 fully saturated rings. The van der Waals surface area contributed by atoms with Crippen LogP contribution in [0.2, 0.25) is 0 Å². The highest BCUT2D eigenvalue weighted by Crippen LogP contribution is 2.20. The molecule has 0 N–H and O–H groups in total. The first-order valence-corrected chi connectivity index (χ1v) is 10.2. The van der Waals surface area contributed by atoms with Crippen molar-refractivity contribution < 1.29 is 12.8 Å². The maximum absolute atomic E-state index is 11.2. The Morgan fingerprint density at radius 1 is 1.08 bits per heavy atom. The van der Waals surface area contributed by atoms with Crippen LogP contribution in [-0.2, 0) is 16.4 Å². The predicted molar refractivity (Wildman–Crippen MR) is 93.4 cm³/mol. The fraction of sp³-hybridized carbons (Fsp3) is 0.471. The lowest BCUT2D eigenvalue weighted by Crippen LogP contribution is -2.47. The number of hydrogen-bond donors (Lipinski definition) is 0. The van der Waals surface area contributed by atoms with E-state index in [0.717, 1.165) is 43.4 Å². The van der Waals surface area contributed by atoms with Gasteiger partial charge in [0, 0.05) is 44.5 Å². The highest BCUT2D eigenvalue weighted by molar-refractivity contribution is 7.90. The van der Waals surface area contributed by atoms with Gasteiger partial charge in [0.25, 0.3) is 0 Å². The van der Waals surface area contributed by atoms with Crippen LogP contribution >= 0.6 is 0 Å². The van der Waals surface area contributed by atoms with Gasteiger partial charge in [-0.3, -0.25) is 9.80 Å². The summed E-state index contributed by atoms with van der Waals surface area (Å²) in [6.07, 6.45) is 3.06. The number of sulfone groups is 1. The van der Waals surface area contributed by atoms with Crippen LogP contribution < -0.4 is 0 Å². The molecule has 0 bridgehead atoms. The van der Waals surface area contributed by atoms with Gasteiger partial charge in [-0.1, -0.05) is 30.3 Å². The highest BCUT2D eigenvalue weighted by atomic mass is 32.2. The third-order valence-corrected chi connectivity index (χ3v) is 5.14. The minimum atomic E-state index is -2.89. The summed E-state index contributed by atoms with van der Waals surface area (Å²) >= 11 is 0. The molecule has 3 rings (SSSR count). The topological polar surface area (TPSA) is 66.7 Å². The fourth-order valence-electron chi connectivity index (χ4n) is 2.78. The van der Waals surface area contributed by atoms with E-state index in [4.69, 9.17) is 4.42 Å². The molecule has 0 saturated carbocycles. The van der Waals surface area contributed by atoms with Crippen LogP contribution in [0.5, 0.6) is 0 Å². The predicted octanol–water partition coefficient (Wildman–Crippen LogP) is 1.50. The second-order valence-electron chi connectivity index (χ2n) is 6.23. The molecule has 6 nitrogen and oxygen atoms in total. The standard InChI is InChI=1S/C17H23N3O3S/c1-24(21,22)12-11-19-7-9-20(10-8-19)14-17-18-13-16(23-17)15-5-3-2-4-6-15/h2-6,13H,7-12,14H2,1H3. The van der Waals surface area contributed by atoms with E-state index in [1.807, 2.05) is 30.3 Å². The molecule has 7 heteroatoms. The molecule has 1 aromatic heterocycles. The summed E-state index contributed by atoms with van der Waals surface area (Å²) in [7, 11) is -2.89. The monoisotopic (exact) mass is 349 g/mol. The van der Waals surface area contributed by atoms with Gasteiger partial charge in [0.05, 0.1) is 18.5 Å². The third-order valence-electron chi connectivity index (χ3n) is 4.21. The average molecular weight is 349 g/mol. The molecule has 24 heavy (non-hydrogen) atoms. The summed E-state index contributed by atoms with van der Waals surface area (Å²) < 4.78 is 28.3. The van der Waals surface area contributed by atoms with Gasteiger partial charge in [-0.05, 0) is 0 Å². The van der Waals surface area contributed by atoms with Gasteiger partial charge in [0.15, 0.2) is 5.76 Å². The van der Waals surface area contributed by atoms with Crippen LogP contribution in [0.3, 0.4) is 0 Å². The zero-order chi connectivity index (χ0) is 17.0. The Bertz CT molecular complexity index is 750. The molecule has 0 unspecified atom stereocenters. The molecule has 1 aromatic carbocycles. The minimum absolute atomic E-state index is 0.229. The number of nitrogens with zero attached hydrogens (tertiary/aromatic N) is 3. The molecule has 0 atom stereocenters. The van der Waals surface area contributed by atoms with Crippen LogP contribution in [0.4, 0.5) is 0 Å². The molecule has 2 aromatic rings. The second-order valence-corrected chi connectivity index (χ2v) is 8.49. The van der Waals surface area contributed by atoms with Crippen LogP contribution in [0, 0.1) is 0 Å². The van der Waals surface area contributed by atoms with E-state index in [1.165, 1.54) is 6.26 Å². The molecule has 0 spiro atoms. The minimum Gasteiger partial charge on any atom is -0.439 e. The third kappa shape index (κ3) is 4.90. The first-order valence-electron chi connectivity index (χ1n) is 8.12. The van der Waals surface area contributed by atoms with E-state index >= 15 is 0 Å². The Hall–Kier alpha value is -1.70. The van der Waals surface area contributed by atoms with Crippen molar-refractivity contribution in [1.29, 1.82) is 0 Å². The average Bonchev–Trinajstić information content (AvgIpc) is 3.03. The van der Waals surface area contributed by atoms with Crippen molar-refractivity contribution in [3.8, 4) is 11.3 Å². The number of hydrogen-bond acceptors (Lipinski definition) is 6. The Morgan fingerprint density at radius 2 is 1.75 bits per heavy atom. The summed E-state index contributed by atoms with van der Waals surface area (Å²) in [6.45, 7) is 4.85. The van der Waals surface area contributed by atoms with E-state index in [1.54, 1.807) is 6.20 Å². The summed E-state index contributed by atoms with van der Waals surface area (Å²) in [5.41, 5.74) is 1.03. The van der Waals surface area contributed by atoms with Crippen LogP contribution in [0.1, 0.15) is 5.89 Å². The van der Waals surface area contributed by atoms with E-state index in [9.17, 15) is 8.42 Å². The lowest BCUT2D eigenvalue weighted by atomic mass is 10.2. The normalized spacial score (nSPS) is 17.2. The number of benzene rings is 1. The summed E-state index contributed by atoms with van der Waals surface area (Å²) in [5.74, 6) is 1.74.